The first-order chi connectivity index (χ1) is 0. The van der Waals surface area contributed by atoms with Crippen LogP contribution in [0.3, 0.4) is 0 Å². The summed E-state index contributed by atoms with van der Waals surface area (Å²) in [7, 11) is 0. The van der Waals surface area contributed by atoms with Crippen molar-refractivity contribution in [2.75, 3.05) is 0 Å². The van der Waals surface area contributed by atoms with E-state index in [2.05, 4.69) is 0 Å². The molecule has 0 aromatic rings. The normalized spacial score (nSPS) is 0. The zero-order valence-electron chi connectivity index (χ0n) is 8.99. The maximum atomic E-state index is 0. The van der Waals surface area contributed by atoms with Crippen LogP contribution in [0.2, 0.25) is 0 Å². The first kappa shape index (κ1) is 455. The van der Waals surface area contributed by atoms with Crippen LogP contribution < -0.4 is 0 Å². The molecule has 0 nitrogen and oxygen atoms in total. The van der Waals surface area contributed by atoms with Gasteiger partial charge in [-0.3, -0.25) is 0 Å². The Balaban J connectivity index is 0. The second-order valence-corrected chi connectivity index (χ2v) is 0. The maximum absolute atomic E-state index is 0. The molecule has 0 bridgehead atoms. The average molecular weight is 156 g/mol. The molecule has 0 saturated carbocycles. The Labute approximate surface area is 142 Å². The van der Waals surface area contributed by atoms with Crippen molar-refractivity contribution in [3.05, 3.63) is 0 Å². The van der Waals surface area contributed by atoms with Gasteiger partial charge in [0.25, 0.3) is 0 Å². The Kier molecular flexibility index (Phi) is 13000. The first-order valence-corrected chi connectivity index (χ1v) is 0. The zero-order valence-corrected chi connectivity index (χ0v) is 10.5. The van der Waals surface area contributed by atoms with Gasteiger partial charge in [0.2, 0.25) is 0 Å². The van der Waals surface area contributed by atoms with Gasteiger partial charge in [0.1, 0.15) is 0 Å². The average Bonchev–Trinajstić information content (AvgIpc) is 0. The molecular weight excluding hydrogens is 156 g/mol. The topological polar surface area (TPSA) is 0 Å². The summed E-state index contributed by atoms with van der Waals surface area (Å²) in [6.07, 6.45) is 0. The monoisotopic (exact) mass is 156 g/mol. The van der Waals surface area contributed by atoms with E-state index in [1.54, 1.807) is 0 Å². The fraction of sp³-hybridized carbons (Fsp3) is 0. The fourth-order valence-electron chi connectivity index (χ4n) is 0. The van der Waals surface area contributed by atoms with Gasteiger partial charge in [-0.2, -0.15) is 0 Å². The summed E-state index contributed by atoms with van der Waals surface area (Å²) in [5, 5.41) is 0. The fourth-order valence-corrected chi connectivity index (χ4v) is 0. The van der Waals surface area contributed by atoms with Gasteiger partial charge in [-0.25, -0.2) is 0 Å². The van der Waals surface area contributed by atoms with Crippen molar-refractivity contribution in [2.45, 2.75) is 0 Å². The van der Waals surface area contributed by atoms with Crippen molar-refractivity contribution in [2.24, 2.45) is 0 Å². The van der Waals surface area contributed by atoms with E-state index in [4.69, 9.17) is 0 Å². The SMILES string of the molecule is [Be].[Be].[Be].[Be].[Be].[Be].[Be].[Be].[Be].[Be].[Be].[Be].[Ti]. The first-order valence-electron chi connectivity index (χ1n) is 0. The van der Waals surface area contributed by atoms with E-state index >= 15 is 0 Å². The molecule has 0 heterocycles. The summed E-state index contributed by atoms with van der Waals surface area (Å²) in [4.78, 5) is 0. The van der Waals surface area contributed by atoms with Gasteiger partial charge in [0, 0.05) is 143 Å². The molecule has 28 valence electrons. The summed E-state index contributed by atoms with van der Waals surface area (Å²) < 4.78 is 0. The van der Waals surface area contributed by atoms with Gasteiger partial charge in [-0.15, -0.1) is 0 Å². The predicted molar refractivity (Wildman–Crippen MR) is 69.0 cm³/mol. The maximum Gasteiger partial charge on any atom is 0 e. The molecule has 0 aromatic carbocycles. The summed E-state index contributed by atoms with van der Waals surface area (Å²) >= 11 is 0. The van der Waals surface area contributed by atoms with E-state index in [0.717, 1.165) is 0 Å². The summed E-state index contributed by atoms with van der Waals surface area (Å²) in [6, 6.07) is 0. The molecule has 0 rings (SSSR count). The van der Waals surface area contributed by atoms with E-state index in [9.17, 15) is 0 Å². The molecule has 0 amide bonds. The molecular formula is Be12Ti. The third kappa shape index (κ3) is 319. The molecule has 0 N–H and O–H groups in total. The predicted octanol–water partition coefficient (Wildman–Crippen LogP) is -4.57. The Bertz CT molecular complexity index is 5.09. The van der Waals surface area contributed by atoms with Crippen molar-refractivity contribution >= 4 is 121 Å². The van der Waals surface area contributed by atoms with Crippen LogP contribution >= 0.6 is 0 Å². The minimum absolute atomic E-state index is 0. The molecule has 0 atom stereocenters. The molecule has 0 aliphatic rings. The van der Waals surface area contributed by atoms with E-state index < -0.39 is 0 Å². The van der Waals surface area contributed by atoms with Gasteiger partial charge in [0.15, 0.2) is 0 Å². The van der Waals surface area contributed by atoms with Crippen molar-refractivity contribution in [3.8, 4) is 0 Å². The Morgan fingerprint density at radius 1 is 0.154 bits per heavy atom. The molecule has 13 heavy (non-hydrogen) atoms. The van der Waals surface area contributed by atoms with Crippen LogP contribution in [-0.2, 0) is 21.7 Å². The molecule has 0 aliphatic heterocycles. The molecule has 0 unspecified atom stereocenters. The molecule has 0 spiro atoms. The van der Waals surface area contributed by atoms with Gasteiger partial charge < -0.3 is 0 Å². The number of rotatable bonds is 0. The second-order valence-electron chi connectivity index (χ2n) is 0. The van der Waals surface area contributed by atoms with Crippen molar-refractivity contribution in [3.63, 3.8) is 0 Å². The molecule has 0 aliphatic carbocycles. The van der Waals surface area contributed by atoms with Gasteiger partial charge in [0.05, 0.1) is 0 Å². The van der Waals surface area contributed by atoms with E-state index in [-0.39, 0.29) is 143 Å². The van der Waals surface area contributed by atoms with Crippen LogP contribution in [0.15, 0.2) is 0 Å². The van der Waals surface area contributed by atoms with Crippen LogP contribution in [0.4, 0.5) is 0 Å². The van der Waals surface area contributed by atoms with Gasteiger partial charge >= 0.3 is 0 Å². The van der Waals surface area contributed by atoms with E-state index in [1.807, 2.05) is 0 Å². The van der Waals surface area contributed by atoms with Crippen LogP contribution in [0.5, 0.6) is 0 Å². The molecule has 13 heteroatoms. The summed E-state index contributed by atoms with van der Waals surface area (Å²) in [5.41, 5.74) is 0. The Hall–Kier alpha value is 2.74. The third-order valence-corrected chi connectivity index (χ3v) is 0. The van der Waals surface area contributed by atoms with Crippen molar-refractivity contribution < 1.29 is 21.7 Å². The zero-order chi connectivity index (χ0) is 0. The molecule has 0 aromatic heterocycles. The van der Waals surface area contributed by atoms with Gasteiger partial charge in [-0.05, 0) is 0 Å². The molecule has 24 radical (unpaired) electrons. The Morgan fingerprint density at radius 3 is 0.154 bits per heavy atom. The Morgan fingerprint density at radius 2 is 0.154 bits per heavy atom. The smallest absolute Gasteiger partial charge is 0 e. The minimum atomic E-state index is 0. The molecule has 0 saturated heterocycles. The number of hydrogen-bond donors (Lipinski definition) is 0. The van der Waals surface area contributed by atoms with Crippen LogP contribution in [0.25, 0.3) is 0 Å². The van der Waals surface area contributed by atoms with Gasteiger partial charge in [-0.1, -0.05) is 0 Å². The summed E-state index contributed by atoms with van der Waals surface area (Å²) in [5.74, 6) is 0. The molecule has 0 fully saturated rings. The van der Waals surface area contributed by atoms with Crippen LogP contribution in [-0.4, -0.2) is 121 Å². The van der Waals surface area contributed by atoms with Crippen molar-refractivity contribution in [1.29, 1.82) is 0 Å². The second kappa shape index (κ2) is 371. The third-order valence-electron chi connectivity index (χ3n) is 0. The minimum Gasteiger partial charge on any atom is 0 e. The van der Waals surface area contributed by atoms with Crippen LogP contribution in [0.1, 0.15) is 0 Å². The van der Waals surface area contributed by atoms with Crippen LogP contribution in [0, 0.1) is 0 Å². The summed E-state index contributed by atoms with van der Waals surface area (Å²) in [6.45, 7) is 0. The largest absolute Gasteiger partial charge is 0 e. The van der Waals surface area contributed by atoms with Crippen molar-refractivity contribution in [1.82, 2.24) is 0 Å². The van der Waals surface area contributed by atoms with E-state index in [1.165, 1.54) is 0 Å². The quantitative estimate of drug-likeness (QED) is 0.310. The standard InChI is InChI=1S/12Be.Ti. The van der Waals surface area contributed by atoms with E-state index in [0.29, 0.717) is 0 Å². The number of hydrogen-bond acceptors (Lipinski definition) is 0.